The Hall–Kier alpha value is -3.57. The number of hydrogen-bond acceptors (Lipinski definition) is 5. The maximum absolute atomic E-state index is 14.5. The number of benzene rings is 2. The predicted molar refractivity (Wildman–Crippen MR) is 128 cm³/mol. The normalized spacial score (nSPS) is 12.8. The largest absolute Gasteiger partial charge is 0.469 e. The first kappa shape index (κ1) is 27.0. The molecule has 0 unspecified atom stereocenters. The van der Waals surface area contributed by atoms with Gasteiger partial charge in [-0.2, -0.15) is 13.2 Å². The highest BCUT2D eigenvalue weighted by atomic mass is 35.5. The van der Waals surface area contributed by atoms with Gasteiger partial charge in [0.05, 0.1) is 29.8 Å². The van der Waals surface area contributed by atoms with E-state index in [2.05, 4.69) is 15.6 Å². The number of thiocarbonyl (C=S) groups is 1. The molecule has 36 heavy (non-hydrogen) atoms. The van der Waals surface area contributed by atoms with Crippen molar-refractivity contribution in [2.24, 2.45) is 0 Å². The summed E-state index contributed by atoms with van der Waals surface area (Å²) in [5.41, 5.74) is -3.42. The molecule has 12 heteroatoms. The first-order valence-corrected chi connectivity index (χ1v) is 11.0. The Labute approximate surface area is 213 Å². The zero-order valence-electron chi connectivity index (χ0n) is 18.5. The van der Waals surface area contributed by atoms with Crippen molar-refractivity contribution in [1.29, 1.82) is 0 Å². The molecule has 0 aliphatic carbocycles. The Bertz CT molecular complexity index is 1270. The van der Waals surface area contributed by atoms with E-state index < -0.39 is 41.4 Å². The second kappa shape index (κ2) is 11.0. The highest BCUT2D eigenvalue weighted by Gasteiger charge is 2.42. The number of amides is 1. The monoisotopic (exact) mass is 539 g/mol. The van der Waals surface area contributed by atoms with E-state index in [9.17, 15) is 27.2 Å². The number of nitrogens with zero attached hydrogens (tertiary/aromatic N) is 1. The van der Waals surface area contributed by atoms with Gasteiger partial charge < -0.3 is 10.1 Å². The van der Waals surface area contributed by atoms with Crippen molar-refractivity contribution in [3.05, 3.63) is 100 Å². The summed E-state index contributed by atoms with van der Waals surface area (Å²) in [5.74, 6) is -2.72. The van der Waals surface area contributed by atoms with E-state index in [0.717, 1.165) is 13.2 Å². The van der Waals surface area contributed by atoms with Crippen LogP contribution in [0.15, 0.2) is 66.9 Å². The lowest BCUT2D eigenvalue weighted by atomic mass is 9.82. The van der Waals surface area contributed by atoms with Gasteiger partial charge in [-0.1, -0.05) is 29.8 Å². The number of hydrogen-bond donors (Lipinski definition) is 2. The van der Waals surface area contributed by atoms with Gasteiger partial charge in [0.15, 0.2) is 5.11 Å². The van der Waals surface area contributed by atoms with Gasteiger partial charge in [-0.25, -0.2) is 4.39 Å². The number of alkyl halides is 3. The lowest BCUT2D eigenvalue weighted by Gasteiger charge is -2.35. The molecule has 1 heterocycles. The third-order valence-electron chi connectivity index (χ3n) is 5.11. The Morgan fingerprint density at radius 2 is 1.72 bits per heavy atom. The van der Waals surface area contributed by atoms with Crippen molar-refractivity contribution >= 4 is 40.8 Å². The molecule has 0 fully saturated rings. The van der Waals surface area contributed by atoms with Crippen LogP contribution in [0.25, 0.3) is 0 Å². The second-order valence-electron chi connectivity index (χ2n) is 7.52. The van der Waals surface area contributed by atoms with E-state index in [1.165, 1.54) is 30.5 Å². The maximum Gasteiger partial charge on any atom is 0.416 e. The zero-order valence-corrected chi connectivity index (χ0v) is 20.1. The lowest BCUT2D eigenvalue weighted by molar-refractivity contribution is -0.142. The lowest BCUT2D eigenvalue weighted by Crippen LogP contribution is -2.53. The highest BCUT2D eigenvalue weighted by Crippen LogP contribution is 2.38. The number of methoxy groups -OCH3 is 1. The summed E-state index contributed by atoms with van der Waals surface area (Å²) in [5, 5.41) is 4.96. The first-order valence-electron chi connectivity index (χ1n) is 10.2. The van der Waals surface area contributed by atoms with E-state index >= 15 is 0 Å². The predicted octanol–water partition coefficient (Wildman–Crippen LogP) is 5.00. The van der Waals surface area contributed by atoms with Crippen LogP contribution in [0.1, 0.15) is 33.6 Å². The van der Waals surface area contributed by atoms with E-state index in [-0.39, 0.29) is 27.0 Å². The van der Waals surface area contributed by atoms with Gasteiger partial charge >= 0.3 is 12.1 Å². The van der Waals surface area contributed by atoms with Crippen molar-refractivity contribution in [2.75, 3.05) is 7.11 Å². The van der Waals surface area contributed by atoms with Crippen molar-refractivity contribution in [2.45, 2.75) is 18.1 Å². The molecule has 1 amide bonds. The molecule has 1 atom stereocenters. The summed E-state index contributed by atoms with van der Waals surface area (Å²) in [6, 6.07) is 12.5. The molecule has 0 aliphatic rings. The number of nitrogens with one attached hydrogen (secondary N) is 2. The van der Waals surface area contributed by atoms with Crippen molar-refractivity contribution < 1.29 is 31.9 Å². The second-order valence-corrected chi connectivity index (χ2v) is 8.37. The Morgan fingerprint density at radius 3 is 2.31 bits per heavy atom. The minimum Gasteiger partial charge on any atom is -0.469 e. The molecule has 0 saturated carbocycles. The van der Waals surface area contributed by atoms with Crippen LogP contribution in [0, 0.1) is 5.82 Å². The van der Waals surface area contributed by atoms with Gasteiger partial charge in [0.1, 0.15) is 11.4 Å². The number of aromatic nitrogens is 1. The summed E-state index contributed by atoms with van der Waals surface area (Å²) >= 11 is 11.2. The Balaban J connectivity index is 2.17. The molecular formula is C24H18ClF4N3O3S. The summed E-state index contributed by atoms with van der Waals surface area (Å²) in [4.78, 5) is 29.2. The van der Waals surface area contributed by atoms with Crippen LogP contribution in [0.2, 0.25) is 5.02 Å². The Kier molecular flexibility index (Phi) is 8.26. The molecular weight excluding hydrogens is 522 g/mol. The molecule has 188 valence electrons. The Morgan fingerprint density at radius 1 is 1.06 bits per heavy atom. The molecule has 1 aromatic heterocycles. The van der Waals surface area contributed by atoms with Crippen LogP contribution in [-0.2, 0) is 21.2 Å². The molecule has 2 N–H and O–H groups in total. The molecule has 0 radical (unpaired) electrons. The zero-order chi connectivity index (χ0) is 26.5. The minimum atomic E-state index is -4.90. The van der Waals surface area contributed by atoms with Gasteiger partial charge in [0, 0.05) is 11.8 Å². The third-order valence-corrected chi connectivity index (χ3v) is 5.54. The molecule has 6 nitrogen and oxygen atoms in total. The summed E-state index contributed by atoms with van der Waals surface area (Å²) in [6.07, 6.45) is -4.37. The number of carbonyl (C=O) groups is 2. The SMILES string of the molecule is COC(=O)C[C@](NC(=S)NC(=O)c1ccccc1)(c1cc(F)cc(C(F)(F)F)c1)c1ccc(Cl)cn1. The number of pyridine rings is 1. The van der Waals surface area contributed by atoms with Crippen molar-refractivity contribution in [1.82, 2.24) is 15.6 Å². The number of halogens is 5. The molecule has 0 spiro atoms. The van der Waals surface area contributed by atoms with Crippen LogP contribution in [0.5, 0.6) is 0 Å². The molecule has 3 aromatic rings. The summed E-state index contributed by atoms with van der Waals surface area (Å²) in [7, 11) is 1.07. The minimum absolute atomic E-state index is 0.0349. The molecule has 0 aliphatic heterocycles. The first-order chi connectivity index (χ1) is 16.9. The van der Waals surface area contributed by atoms with Gasteiger partial charge in [-0.15, -0.1) is 0 Å². The van der Waals surface area contributed by atoms with E-state index in [1.54, 1.807) is 18.2 Å². The van der Waals surface area contributed by atoms with Crippen molar-refractivity contribution in [3.63, 3.8) is 0 Å². The van der Waals surface area contributed by atoms with Gasteiger partial charge in [-0.3, -0.25) is 19.9 Å². The highest BCUT2D eigenvalue weighted by molar-refractivity contribution is 7.80. The van der Waals surface area contributed by atoms with Crippen LogP contribution in [0.3, 0.4) is 0 Å². The standard InChI is InChI=1S/C24H18ClF4N3O3S/c1-35-20(33)12-23(19-8-7-17(25)13-30-19,15-9-16(24(27,28)29)11-18(26)10-15)32-22(36)31-21(34)14-5-3-2-4-6-14/h2-11,13H,12H2,1H3,(H2,31,32,34,36)/t23-/m0/s1. The van der Waals surface area contributed by atoms with Crippen LogP contribution in [-0.4, -0.2) is 29.1 Å². The average molecular weight is 540 g/mol. The molecule has 3 rings (SSSR count). The summed E-state index contributed by atoms with van der Waals surface area (Å²) in [6.45, 7) is 0. The number of carbonyl (C=O) groups excluding carboxylic acids is 2. The topological polar surface area (TPSA) is 80.3 Å². The average Bonchev–Trinajstić information content (AvgIpc) is 2.83. The van der Waals surface area contributed by atoms with E-state index in [1.807, 2.05) is 0 Å². The van der Waals surface area contributed by atoms with E-state index in [0.29, 0.717) is 12.1 Å². The van der Waals surface area contributed by atoms with Crippen LogP contribution < -0.4 is 10.6 Å². The fourth-order valence-corrected chi connectivity index (χ4v) is 3.81. The molecule has 2 aromatic carbocycles. The number of rotatable bonds is 6. The van der Waals surface area contributed by atoms with E-state index in [4.69, 9.17) is 28.6 Å². The fraction of sp³-hybridized carbons (Fsp3) is 0.167. The summed E-state index contributed by atoms with van der Waals surface area (Å²) < 4.78 is 59.9. The van der Waals surface area contributed by atoms with Crippen LogP contribution in [0.4, 0.5) is 17.6 Å². The van der Waals surface area contributed by atoms with Gasteiger partial charge in [0.25, 0.3) is 5.91 Å². The number of esters is 1. The number of ether oxygens (including phenoxy) is 1. The van der Waals surface area contributed by atoms with Crippen LogP contribution >= 0.6 is 23.8 Å². The molecule has 0 bridgehead atoms. The smallest absolute Gasteiger partial charge is 0.416 e. The van der Waals surface area contributed by atoms with Crippen molar-refractivity contribution in [3.8, 4) is 0 Å². The maximum atomic E-state index is 14.5. The molecule has 0 saturated heterocycles. The third kappa shape index (κ3) is 6.35. The van der Waals surface area contributed by atoms with Gasteiger partial charge in [-0.05, 0) is 60.2 Å². The fourth-order valence-electron chi connectivity index (χ4n) is 3.43. The quantitative estimate of drug-likeness (QED) is 0.261. The van der Waals surface area contributed by atoms with Gasteiger partial charge in [0.2, 0.25) is 0 Å².